The first-order valence-electron chi connectivity index (χ1n) is 10.8. The minimum Gasteiger partial charge on any atom is -0.466 e. The SMILES string of the molecule is CCOC(=O)C1=C(C)NC(C)=C(C(=O)OC)C1c1cccc(F)c1.c1ccc2c(c1)CNC2. The number of esters is 2. The van der Waals surface area contributed by atoms with Gasteiger partial charge in [0.2, 0.25) is 0 Å². The van der Waals surface area contributed by atoms with Gasteiger partial charge in [0.1, 0.15) is 5.82 Å². The average molecular weight is 453 g/mol. The van der Waals surface area contributed by atoms with E-state index in [2.05, 4.69) is 34.9 Å². The van der Waals surface area contributed by atoms with Crippen LogP contribution in [-0.4, -0.2) is 25.7 Å². The lowest BCUT2D eigenvalue weighted by Gasteiger charge is -2.30. The monoisotopic (exact) mass is 452 g/mol. The standard InChI is InChI=1S/C18H20FNO4.C8H9N/c1-5-24-18(22)15-11(3)20-10(2)14(17(21)23-4)16(15)12-7-6-8-13(19)9-12;1-2-4-8-6-9-5-7(8)3-1/h6-9,16,20H,5H2,1-4H3;1-4,9H,5-6H2. The molecule has 174 valence electrons. The maximum atomic E-state index is 13.7. The van der Waals surface area contributed by atoms with Crippen LogP contribution in [0.2, 0.25) is 0 Å². The molecule has 2 aromatic carbocycles. The summed E-state index contributed by atoms with van der Waals surface area (Å²) in [6, 6.07) is 14.3. The summed E-state index contributed by atoms with van der Waals surface area (Å²) in [5, 5.41) is 6.30. The highest BCUT2D eigenvalue weighted by molar-refractivity contribution is 5.99. The molecule has 7 heteroatoms. The maximum absolute atomic E-state index is 13.7. The topological polar surface area (TPSA) is 76.7 Å². The number of hydrogen-bond donors (Lipinski definition) is 2. The number of carbonyl (C=O) groups excluding carboxylic acids is 2. The molecule has 0 bridgehead atoms. The van der Waals surface area contributed by atoms with Gasteiger partial charge in [-0.3, -0.25) is 0 Å². The predicted molar refractivity (Wildman–Crippen MR) is 123 cm³/mol. The van der Waals surface area contributed by atoms with Gasteiger partial charge in [-0.1, -0.05) is 36.4 Å². The fourth-order valence-corrected chi connectivity index (χ4v) is 4.11. The maximum Gasteiger partial charge on any atom is 0.336 e. The lowest BCUT2D eigenvalue weighted by molar-refractivity contribution is -0.139. The van der Waals surface area contributed by atoms with Gasteiger partial charge in [-0.05, 0) is 49.6 Å². The molecule has 2 N–H and O–H groups in total. The molecule has 0 amide bonds. The van der Waals surface area contributed by atoms with E-state index in [0.717, 1.165) is 13.1 Å². The number of dihydropyridines is 1. The first-order valence-corrected chi connectivity index (χ1v) is 10.8. The van der Waals surface area contributed by atoms with Crippen LogP contribution in [0.1, 0.15) is 43.4 Å². The van der Waals surface area contributed by atoms with E-state index < -0.39 is 23.7 Å². The Kier molecular flexibility index (Phi) is 8.01. The van der Waals surface area contributed by atoms with Crippen molar-refractivity contribution in [2.24, 2.45) is 0 Å². The summed E-state index contributed by atoms with van der Waals surface area (Å²) in [6.07, 6.45) is 0. The van der Waals surface area contributed by atoms with Crippen molar-refractivity contribution in [1.82, 2.24) is 10.6 Å². The number of nitrogens with one attached hydrogen (secondary N) is 2. The molecule has 1 unspecified atom stereocenters. The van der Waals surface area contributed by atoms with E-state index in [9.17, 15) is 14.0 Å². The Hall–Kier alpha value is -3.45. The lowest BCUT2D eigenvalue weighted by atomic mass is 9.80. The van der Waals surface area contributed by atoms with Gasteiger partial charge in [-0.25, -0.2) is 14.0 Å². The van der Waals surface area contributed by atoms with Gasteiger partial charge < -0.3 is 20.1 Å². The molecular formula is C26H29FN2O4. The second kappa shape index (κ2) is 10.9. The van der Waals surface area contributed by atoms with Crippen LogP contribution in [0.3, 0.4) is 0 Å². The van der Waals surface area contributed by atoms with E-state index in [0.29, 0.717) is 17.0 Å². The smallest absolute Gasteiger partial charge is 0.336 e. The third-order valence-corrected chi connectivity index (χ3v) is 5.59. The molecule has 6 nitrogen and oxygen atoms in total. The van der Waals surface area contributed by atoms with Gasteiger partial charge in [0.25, 0.3) is 0 Å². The highest BCUT2D eigenvalue weighted by Crippen LogP contribution is 2.39. The number of methoxy groups -OCH3 is 1. The van der Waals surface area contributed by atoms with Crippen LogP contribution < -0.4 is 10.6 Å². The largest absolute Gasteiger partial charge is 0.466 e. The number of hydrogen-bond acceptors (Lipinski definition) is 6. The van der Waals surface area contributed by atoms with Crippen molar-refractivity contribution in [3.8, 4) is 0 Å². The molecule has 2 heterocycles. The number of allylic oxidation sites excluding steroid dienone is 2. The Bertz CT molecular complexity index is 1080. The van der Waals surface area contributed by atoms with E-state index in [4.69, 9.17) is 9.47 Å². The lowest BCUT2D eigenvalue weighted by Crippen LogP contribution is -2.32. The van der Waals surface area contributed by atoms with E-state index in [1.165, 1.54) is 36.4 Å². The summed E-state index contributed by atoms with van der Waals surface area (Å²) in [6.45, 7) is 7.43. The fraction of sp³-hybridized carbons (Fsp3) is 0.308. The summed E-state index contributed by atoms with van der Waals surface area (Å²) in [7, 11) is 1.26. The van der Waals surface area contributed by atoms with Gasteiger partial charge in [0.05, 0.1) is 30.8 Å². The summed E-state index contributed by atoms with van der Waals surface area (Å²) < 4.78 is 23.7. The van der Waals surface area contributed by atoms with Gasteiger partial charge in [0, 0.05) is 24.5 Å². The molecule has 2 aliphatic rings. The van der Waals surface area contributed by atoms with Gasteiger partial charge in [0.15, 0.2) is 0 Å². The minimum atomic E-state index is -0.756. The Morgan fingerprint density at radius 2 is 1.58 bits per heavy atom. The molecule has 0 fully saturated rings. The van der Waals surface area contributed by atoms with Crippen molar-refractivity contribution in [2.45, 2.75) is 39.8 Å². The van der Waals surface area contributed by atoms with Crippen molar-refractivity contribution in [3.63, 3.8) is 0 Å². The number of benzene rings is 2. The predicted octanol–water partition coefficient (Wildman–Crippen LogP) is 4.09. The normalized spacial score (nSPS) is 16.9. The zero-order valence-electron chi connectivity index (χ0n) is 19.3. The Labute approximate surface area is 193 Å². The molecule has 0 saturated carbocycles. The molecule has 33 heavy (non-hydrogen) atoms. The van der Waals surface area contributed by atoms with Crippen molar-refractivity contribution in [3.05, 3.63) is 93.6 Å². The summed E-state index contributed by atoms with van der Waals surface area (Å²) in [4.78, 5) is 24.7. The van der Waals surface area contributed by atoms with Gasteiger partial charge in [-0.2, -0.15) is 0 Å². The van der Waals surface area contributed by atoms with Crippen LogP contribution in [0.5, 0.6) is 0 Å². The number of carbonyl (C=O) groups is 2. The highest BCUT2D eigenvalue weighted by atomic mass is 19.1. The van der Waals surface area contributed by atoms with Crippen molar-refractivity contribution >= 4 is 11.9 Å². The van der Waals surface area contributed by atoms with Crippen LogP contribution in [0.25, 0.3) is 0 Å². The molecule has 0 saturated heterocycles. The van der Waals surface area contributed by atoms with Gasteiger partial charge in [-0.15, -0.1) is 0 Å². The first kappa shape index (κ1) is 24.2. The molecule has 0 aliphatic carbocycles. The minimum absolute atomic E-state index is 0.196. The van der Waals surface area contributed by atoms with Gasteiger partial charge >= 0.3 is 11.9 Å². The zero-order chi connectivity index (χ0) is 24.0. The molecule has 4 rings (SSSR count). The van der Waals surface area contributed by atoms with Crippen molar-refractivity contribution in [1.29, 1.82) is 0 Å². The van der Waals surface area contributed by atoms with Crippen molar-refractivity contribution in [2.75, 3.05) is 13.7 Å². The summed E-state index contributed by atoms with van der Waals surface area (Å²) >= 11 is 0. The molecule has 2 aromatic rings. The Morgan fingerprint density at radius 3 is 2.12 bits per heavy atom. The number of rotatable bonds is 4. The Morgan fingerprint density at radius 1 is 0.970 bits per heavy atom. The number of halogens is 1. The first-order chi connectivity index (χ1) is 15.9. The van der Waals surface area contributed by atoms with Crippen molar-refractivity contribution < 1.29 is 23.5 Å². The molecule has 0 aromatic heterocycles. The van der Waals surface area contributed by atoms with E-state index in [1.807, 2.05) is 0 Å². The molecule has 0 radical (unpaired) electrons. The van der Waals surface area contributed by atoms with E-state index in [1.54, 1.807) is 26.8 Å². The molecule has 0 spiro atoms. The average Bonchev–Trinajstić information content (AvgIpc) is 3.27. The second-order valence-corrected chi connectivity index (χ2v) is 7.77. The van der Waals surface area contributed by atoms with Crippen LogP contribution in [0, 0.1) is 5.82 Å². The highest BCUT2D eigenvalue weighted by Gasteiger charge is 2.37. The second-order valence-electron chi connectivity index (χ2n) is 7.77. The fourth-order valence-electron chi connectivity index (χ4n) is 4.11. The van der Waals surface area contributed by atoms with E-state index in [-0.39, 0.29) is 17.8 Å². The third-order valence-electron chi connectivity index (χ3n) is 5.59. The Balaban J connectivity index is 0.000000280. The number of ether oxygens (including phenoxy) is 2. The quantitative estimate of drug-likeness (QED) is 0.681. The molecule has 1 atom stereocenters. The molecule has 2 aliphatic heterocycles. The summed E-state index contributed by atoms with van der Waals surface area (Å²) in [5.74, 6) is -2.34. The number of fused-ring (bicyclic) bond motifs is 1. The zero-order valence-corrected chi connectivity index (χ0v) is 19.3. The van der Waals surface area contributed by atoms with Crippen LogP contribution in [0.15, 0.2) is 71.1 Å². The van der Waals surface area contributed by atoms with Crippen LogP contribution >= 0.6 is 0 Å². The third kappa shape index (κ3) is 5.49. The van der Waals surface area contributed by atoms with Crippen LogP contribution in [0.4, 0.5) is 4.39 Å². The van der Waals surface area contributed by atoms with Crippen LogP contribution in [-0.2, 0) is 32.2 Å². The molecular weight excluding hydrogens is 423 g/mol. The van der Waals surface area contributed by atoms with E-state index >= 15 is 0 Å². The summed E-state index contributed by atoms with van der Waals surface area (Å²) in [5.41, 5.74) is 5.05.